The fourth-order valence-electron chi connectivity index (χ4n) is 2.54. The van der Waals surface area contributed by atoms with E-state index in [2.05, 4.69) is 17.5 Å². The first kappa shape index (κ1) is 13.4. The van der Waals surface area contributed by atoms with E-state index in [0.29, 0.717) is 29.0 Å². The molecule has 108 valence electrons. The Labute approximate surface area is 121 Å². The fraction of sp³-hybridized carbons (Fsp3) is 0.250. The van der Waals surface area contributed by atoms with Gasteiger partial charge in [0, 0.05) is 17.5 Å². The van der Waals surface area contributed by atoms with E-state index >= 15 is 0 Å². The van der Waals surface area contributed by atoms with Gasteiger partial charge in [-0.15, -0.1) is 0 Å². The molecule has 0 saturated carbocycles. The molecule has 1 aromatic carbocycles. The van der Waals surface area contributed by atoms with Crippen molar-refractivity contribution in [2.75, 3.05) is 5.32 Å². The molecule has 0 saturated heterocycles. The number of amides is 1. The number of fused-ring (bicyclic) bond motifs is 1. The van der Waals surface area contributed by atoms with Crippen molar-refractivity contribution in [3.63, 3.8) is 0 Å². The molecule has 2 aromatic rings. The average molecular weight is 285 g/mol. The number of benzene rings is 1. The molecule has 21 heavy (non-hydrogen) atoms. The first-order valence-electron chi connectivity index (χ1n) is 6.85. The van der Waals surface area contributed by atoms with Gasteiger partial charge in [0.1, 0.15) is 5.58 Å². The summed E-state index contributed by atoms with van der Waals surface area (Å²) in [6, 6.07) is 6.54. The lowest BCUT2D eigenvalue weighted by Gasteiger charge is -2.08. The predicted molar refractivity (Wildman–Crippen MR) is 78.3 cm³/mol. The molecular formula is C16H15NO4. The van der Waals surface area contributed by atoms with Crippen molar-refractivity contribution in [2.45, 2.75) is 19.3 Å². The number of nitrogens with one attached hydrogen (secondary N) is 1. The van der Waals surface area contributed by atoms with Crippen LogP contribution < -0.4 is 5.32 Å². The number of anilines is 1. The van der Waals surface area contributed by atoms with Gasteiger partial charge in [-0.05, 0) is 43.0 Å². The predicted octanol–water partition coefficient (Wildman–Crippen LogP) is 3.43. The molecule has 1 aromatic heterocycles. The molecule has 1 amide bonds. The molecule has 1 heterocycles. The number of allylic oxidation sites excluding steroid dienone is 2. The van der Waals surface area contributed by atoms with Gasteiger partial charge >= 0.3 is 5.97 Å². The Bertz CT molecular complexity index is 729. The summed E-state index contributed by atoms with van der Waals surface area (Å²) in [6.45, 7) is 0. The van der Waals surface area contributed by atoms with Crippen LogP contribution in [-0.4, -0.2) is 17.0 Å². The first-order chi connectivity index (χ1) is 10.1. The number of carbonyl (C=O) groups excluding carboxylic acids is 1. The Hall–Kier alpha value is -2.56. The third-order valence-electron chi connectivity index (χ3n) is 3.57. The van der Waals surface area contributed by atoms with Crippen LogP contribution in [0.25, 0.3) is 11.0 Å². The molecule has 5 heteroatoms. The Kier molecular flexibility index (Phi) is 3.48. The Morgan fingerprint density at radius 1 is 1.33 bits per heavy atom. The lowest BCUT2D eigenvalue weighted by atomic mass is 10.0. The SMILES string of the molecule is O=C(C[C@@H]1C=CCC1)Nc1ccc2oc(C(=O)O)cc2c1. The highest BCUT2D eigenvalue weighted by atomic mass is 16.4. The van der Waals surface area contributed by atoms with Crippen LogP contribution in [0.3, 0.4) is 0 Å². The number of aromatic carboxylic acids is 1. The highest BCUT2D eigenvalue weighted by molar-refractivity contribution is 5.96. The van der Waals surface area contributed by atoms with Gasteiger partial charge in [0.25, 0.3) is 0 Å². The van der Waals surface area contributed by atoms with Crippen LogP contribution in [0.1, 0.15) is 29.8 Å². The minimum atomic E-state index is -1.11. The van der Waals surface area contributed by atoms with Gasteiger partial charge in [-0.2, -0.15) is 0 Å². The monoisotopic (exact) mass is 285 g/mol. The summed E-state index contributed by atoms with van der Waals surface area (Å²) in [5.41, 5.74) is 1.14. The fourth-order valence-corrected chi connectivity index (χ4v) is 2.54. The summed E-state index contributed by atoms with van der Waals surface area (Å²) in [5, 5.41) is 12.4. The molecule has 1 atom stereocenters. The smallest absolute Gasteiger partial charge is 0.371 e. The molecule has 1 aliphatic rings. The van der Waals surface area contributed by atoms with E-state index in [9.17, 15) is 9.59 Å². The maximum absolute atomic E-state index is 12.0. The Balaban J connectivity index is 1.73. The van der Waals surface area contributed by atoms with Crippen molar-refractivity contribution in [2.24, 2.45) is 5.92 Å². The number of carbonyl (C=O) groups is 2. The van der Waals surface area contributed by atoms with E-state index in [1.54, 1.807) is 18.2 Å². The number of furan rings is 1. The first-order valence-corrected chi connectivity index (χ1v) is 6.85. The second kappa shape index (κ2) is 5.44. The zero-order valence-corrected chi connectivity index (χ0v) is 11.3. The maximum atomic E-state index is 12.0. The topological polar surface area (TPSA) is 79.5 Å². The normalized spacial score (nSPS) is 17.2. The molecule has 0 radical (unpaired) electrons. The molecular weight excluding hydrogens is 270 g/mol. The molecule has 5 nitrogen and oxygen atoms in total. The van der Waals surface area contributed by atoms with Crippen LogP contribution in [0.15, 0.2) is 40.8 Å². The van der Waals surface area contributed by atoms with Crippen LogP contribution in [-0.2, 0) is 4.79 Å². The third kappa shape index (κ3) is 2.97. The van der Waals surface area contributed by atoms with Crippen molar-refractivity contribution in [3.05, 3.63) is 42.2 Å². The van der Waals surface area contributed by atoms with Gasteiger partial charge in [-0.3, -0.25) is 4.79 Å². The summed E-state index contributed by atoms with van der Waals surface area (Å²) in [6.07, 6.45) is 6.72. The number of carboxylic acids is 1. The molecule has 0 unspecified atom stereocenters. The quantitative estimate of drug-likeness (QED) is 0.843. The highest BCUT2D eigenvalue weighted by Crippen LogP contribution is 2.24. The van der Waals surface area contributed by atoms with Gasteiger partial charge in [-0.1, -0.05) is 12.2 Å². The van der Waals surface area contributed by atoms with Gasteiger partial charge in [0.05, 0.1) is 0 Å². The average Bonchev–Trinajstić information content (AvgIpc) is 3.06. The van der Waals surface area contributed by atoms with Crippen LogP contribution in [0.5, 0.6) is 0 Å². The molecule has 0 aliphatic heterocycles. The molecule has 1 aliphatic carbocycles. The van der Waals surface area contributed by atoms with E-state index in [1.807, 2.05) is 0 Å². The minimum absolute atomic E-state index is 0.0344. The second-order valence-corrected chi connectivity index (χ2v) is 5.19. The number of rotatable bonds is 4. The van der Waals surface area contributed by atoms with E-state index in [1.165, 1.54) is 6.07 Å². The van der Waals surface area contributed by atoms with Crippen molar-refractivity contribution < 1.29 is 19.1 Å². The third-order valence-corrected chi connectivity index (χ3v) is 3.57. The van der Waals surface area contributed by atoms with Crippen LogP contribution >= 0.6 is 0 Å². The van der Waals surface area contributed by atoms with Crippen molar-refractivity contribution in [1.29, 1.82) is 0 Å². The number of hydrogen-bond acceptors (Lipinski definition) is 3. The van der Waals surface area contributed by atoms with Crippen molar-refractivity contribution >= 4 is 28.5 Å². The maximum Gasteiger partial charge on any atom is 0.371 e. The molecule has 2 N–H and O–H groups in total. The van der Waals surface area contributed by atoms with Crippen molar-refractivity contribution in [1.82, 2.24) is 0 Å². The Morgan fingerprint density at radius 2 is 2.19 bits per heavy atom. The minimum Gasteiger partial charge on any atom is -0.475 e. The van der Waals surface area contributed by atoms with Crippen LogP contribution in [0.2, 0.25) is 0 Å². The lowest BCUT2D eigenvalue weighted by Crippen LogP contribution is -2.14. The summed E-state index contributed by atoms with van der Waals surface area (Å²) < 4.78 is 5.18. The summed E-state index contributed by atoms with van der Waals surface area (Å²) >= 11 is 0. The van der Waals surface area contributed by atoms with Crippen LogP contribution in [0.4, 0.5) is 5.69 Å². The number of hydrogen-bond donors (Lipinski definition) is 2. The van der Waals surface area contributed by atoms with E-state index in [4.69, 9.17) is 9.52 Å². The van der Waals surface area contributed by atoms with E-state index < -0.39 is 5.97 Å². The molecule has 0 spiro atoms. The summed E-state index contributed by atoms with van der Waals surface area (Å²) in [7, 11) is 0. The van der Waals surface area contributed by atoms with Gasteiger partial charge < -0.3 is 14.8 Å². The molecule has 0 fully saturated rings. The van der Waals surface area contributed by atoms with Gasteiger partial charge in [0.15, 0.2) is 0 Å². The Morgan fingerprint density at radius 3 is 2.90 bits per heavy atom. The number of carboxylic acid groups (broad SMARTS) is 1. The second-order valence-electron chi connectivity index (χ2n) is 5.19. The van der Waals surface area contributed by atoms with E-state index in [-0.39, 0.29) is 11.7 Å². The zero-order valence-electron chi connectivity index (χ0n) is 11.3. The summed E-state index contributed by atoms with van der Waals surface area (Å²) in [5.74, 6) is -0.927. The summed E-state index contributed by atoms with van der Waals surface area (Å²) in [4.78, 5) is 22.8. The largest absolute Gasteiger partial charge is 0.475 e. The highest BCUT2D eigenvalue weighted by Gasteiger charge is 2.15. The molecule has 0 bridgehead atoms. The van der Waals surface area contributed by atoms with Crippen LogP contribution in [0, 0.1) is 5.92 Å². The van der Waals surface area contributed by atoms with Crippen molar-refractivity contribution in [3.8, 4) is 0 Å². The molecule has 3 rings (SSSR count). The van der Waals surface area contributed by atoms with E-state index in [0.717, 1.165) is 12.8 Å². The van der Waals surface area contributed by atoms with Gasteiger partial charge in [-0.25, -0.2) is 4.79 Å². The lowest BCUT2D eigenvalue weighted by molar-refractivity contribution is -0.116. The zero-order chi connectivity index (χ0) is 14.8. The van der Waals surface area contributed by atoms with Gasteiger partial charge in [0.2, 0.25) is 11.7 Å². The standard InChI is InChI=1S/C16H15NO4/c18-15(7-10-3-1-2-4-10)17-12-5-6-13-11(8-12)9-14(21-13)16(19)20/h1,3,5-6,8-10H,2,4,7H2,(H,17,18)(H,19,20)/t10-/m1/s1.